The predicted molar refractivity (Wildman–Crippen MR) is 95.3 cm³/mol. The molecule has 2 bridgehead atoms. The third kappa shape index (κ3) is 2.64. The largest absolute Gasteiger partial charge is 0.416 e. The average molecular weight is 388 g/mol. The van der Waals surface area contributed by atoms with Crippen LogP contribution in [0.5, 0.6) is 0 Å². The number of aromatic nitrogens is 1. The van der Waals surface area contributed by atoms with Crippen molar-refractivity contribution in [3.05, 3.63) is 59.9 Å². The first-order valence-electron chi connectivity index (χ1n) is 9.40. The number of ether oxygens (including phenoxy) is 1. The Morgan fingerprint density at radius 3 is 2.54 bits per heavy atom. The Morgan fingerprint density at radius 1 is 1.11 bits per heavy atom. The lowest BCUT2D eigenvalue weighted by Crippen LogP contribution is -2.37. The number of hydrogen-bond acceptors (Lipinski definition) is 3. The van der Waals surface area contributed by atoms with Crippen LogP contribution in [0.2, 0.25) is 0 Å². The molecule has 2 aromatic rings. The number of alkyl halides is 3. The standard InChI is InChI=1S/C21H19F3N2O2/c1-10-14-15(10)19-17(16(18(14)28-19)11-5-7-25-8-6-11)20(27)26-13-4-2-3-12(9-13)21(22,23)24/h2-10,14-19H,1H3,(H,26,27)/t10-,14?,15?,16-,17-,18+,19-/m1/s1. The highest BCUT2D eigenvalue weighted by Crippen LogP contribution is 2.68. The maximum absolute atomic E-state index is 13.1. The number of carbonyl (C=O) groups excluding carboxylic acids is 1. The SMILES string of the molecule is C[C@H]1C2C1[C@@H]1O[C@H]2[C@H](C(=O)Nc2cccc(C(F)(F)F)c2)[C@H]1c1ccncc1. The lowest BCUT2D eigenvalue weighted by atomic mass is 9.75. The van der Waals surface area contributed by atoms with Crippen molar-refractivity contribution in [1.82, 2.24) is 4.98 Å². The molecule has 2 unspecified atom stereocenters. The van der Waals surface area contributed by atoms with E-state index in [1.807, 2.05) is 12.1 Å². The molecule has 2 saturated heterocycles. The Hall–Kier alpha value is -2.41. The summed E-state index contributed by atoms with van der Waals surface area (Å²) in [5.74, 6) is 0.518. The minimum absolute atomic E-state index is 0.0235. The fourth-order valence-electron chi connectivity index (χ4n) is 5.28. The van der Waals surface area contributed by atoms with Gasteiger partial charge >= 0.3 is 6.18 Å². The molecule has 0 radical (unpaired) electrons. The quantitative estimate of drug-likeness (QED) is 0.861. The molecule has 28 heavy (non-hydrogen) atoms. The summed E-state index contributed by atoms with van der Waals surface area (Å²) in [5, 5.41) is 2.70. The minimum Gasteiger partial charge on any atom is -0.373 e. The van der Waals surface area contributed by atoms with Crippen LogP contribution in [-0.2, 0) is 15.7 Å². The van der Waals surface area contributed by atoms with Crippen LogP contribution in [0.1, 0.15) is 24.0 Å². The van der Waals surface area contributed by atoms with Crippen LogP contribution in [0.4, 0.5) is 18.9 Å². The molecule has 1 aromatic carbocycles. The van der Waals surface area contributed by atoms with Crippen LogP contribution in [-0.4, -0.2) is 23.1 Å². The molecule has 0 spiro atoms. The van der Waals surface area contributed by atoms with E-state index in [-0.39, 0.29) is 29.7 Å². The highest BCUT2D eigenvalue weighted by Gasteiger charge is 2.72. The van der Waals surface area contributed by atoms with E-state index in [1.54, 1.807) is 12.4 Å². The van der Waals surface area contributed by atoms with Gasteiger partial charge in [-0.1, -0.05) is 13.0 Å². The molecule has 1 amide bonds. The second-order valence-corrected chi connectivity index (χ2v) is 7.98. The lowest BCUT2D eigenvalue weighted by molar-refractivity contribution is -0.137. The molecular weight excluding hydrogens is 369 g/mol. The van der Waals surface area contributed by atoms with Crippen molar-refractivity contribution in [3.63, 3.8) is 0 Å². The number of anilines is 1. The predicted octanol–water partition coefficient (Wildman–Crippen LogP) is 4.10. The number of halogens is 3. The van der Waals surface area contributed by atoms with Crippen LogP contribution >= 0.6 is 0 Å². The third-order valence-electron chi connectivity index (χ3n) is 6.54. The van der Waals surface area contributed by atoms with Gasteiger partial charge in [-0.15, -0.1) is 0 Å². The molecule has 1 N–H and O–H groups in total. The number of benzene rings is 1. The summed E-state index contributed by atoms with van der Waals surface area (Å²) < 4.78 is 45.1. The van der Waals surface area contributed by atoms with Gasteiger partial charge in [0.05, 0.1) is 23.7 Å². The van der Waals surface area contributed by atoms with Gasteiger partial charge < -0.3 is 10.1 Å². The summed E-state index contributed by atoms with van der Waals surface area (Å²) in [7, 11) is 0. The van der Waals surface area contributed by atoms with Gasteiger partial charge in [0.25, 0.3) is 0 Å². The lowest BCUT2D eigenvalue weighted by Gasteiger charge is -2.27. The maximum Gasteiger partial charge on any atom is 0.416 e. The number of rotatable bonds is 3. The third-order valence-corrected chi connectivity index (χ3v) is 6.54. The molecule has 2 aliphatic heterocycles. The molecule has 3 heterocycles. The van der Waals surface area contributed by atoms with Crippen molar-refractivity contribution in [2.24, 2.45) is 23.7 Å². The van der Waals surface area contributed by atoms with E-state index in [0.29, 0.717) is 17.8 Å². The van der Waals surface area contributed by atoms with Crippen molar-refractivity contribution in [1.29, 1.82) is 0 Å². The minimum atomic E-state index is -4.45. The Kier molecular flexibility index (Phi) is 3.81. The molecule has 1 aromatic heterocycles. The highest BCUT2D eigenvalue weighted by atomic mass is 19.4. The first-order chi connectivity index (χ1) is 13.4. The number of hydrogen-bond donors (Lipinski definition) is 1. The highest BCUT2D eigenvalue weighted by molar-refractivity contribution is 5.94. The first-order valence-corrected chi connectivity index (χ1v) is 9.40. The van der Waals surface area contributed by atoms with Crippen LogP contribution in [0.25, 0.3) is 0 Å². The summed E-state index contributed by atoms with van der Waals surface area (Å²) in [5.41, 5.74) is 0.358. The van der Waals surface area contributed by atoms with E-state index in [0.717, 1.165) is 17.7 Å². The Bertz CT molecular complexity index is 917. The summed E-state index contributed by atoms with van der Waals surface area (Å²) in [6.45, 7) is 2.18. The number of amides is 1. The second-order valence-electron chi connectivity index (χ2n) is 7.98. The van der Waals surface area contributed by atoms with Gasteiger partial charge in [0.15, 0.2) is 0 Å². The zero-order valence-electron chi connectivity index (χ0n) is 15.1. The van der Waals surface area contributed by atoms with Gasteiger partial charge in [0.2, 0.25) is 5.91 Å². The van der Waals surface area contributed by atoms with Crippen LogP contribution in [0.15, 0.2) is 48.8 Å². The van der Waals surface area contributed by atoms with Crippen LogP contribution in [0.3, 0.4) is 0 Å². The molecule has 146 valence electrons. The maximum atomic E-state index is 13.1. The summed E-state index contributed by atoms with van der Waals surface area (Å²) in [6, 6.07) is 8.52. The Balaban J connectivity index is 1.43. The molecular formula is C21H19F3N2O2. The van der Waals surface area contributed by atoms with E-state index < -0.39 is 17.7 Å². The average Bonchev–Trinajstić information content (AvgIpc) is 3.03. The molecule has 5 rings (SSSR count). The molecule has 3 fully saturated rings. The monoisotopic (exact) mass is 388 g/mol. The molecule has 7 heteroatoms. The van der Waals surface area contributed by atoms with Crippen molar-refractivity contribution in [2.45, 2.75) is 31.2 Å². The fraction of sp³-hybridized carbons (Fsp3) is 0.429. The van der Waals surface area contributed by atoms with E-state index in [9.17, 15) is 18.0 Å². The normalized spacial score (nSPS) is 35.5. The second kappa shape index (κ2) is 6.04. The number of fused-ring (bicyclic) bond motifs is 5. The number of nitrogens with one attached hydrogen (secondary N) is 1. The van der Waals surface area contributed by atoms with Gasteiger partial charge in [0.1, 0.15) is 0 Å². The molecule has 3 aliphatic rings. The first kappa shape index (κ1) is 17.7. The zero-order valence-corrected chi connectivity index (χ0v) is 15.1. The summed E-state index contributed by atoms with van der Waals surface area (Å²) in [6.07, 6.45) is -1.28. The van der Waals surface area contributed by atoms with E-state index in [1.165, 1.54) is 12.1 Å². The fourth-order valence-corrected chi connectivity index (χ4v) is 5.28. The van der Waals surface area contributed by atoms with Gasteiger partial charge in [-0.3, -0.25) is 9.78 Å². The molecule has 1 saturated carbocycles. The topological polar surface area (TPSA) is 51.2 Å². The summed E-state index contributed by atoms with van der Waals surface area (Å²) in [4.78, 5) is 17.2. The molecule has 4 nitrogen and oxygen atoms in total. The zero-order chi connectivity index (χ0) is 19.6. The summed E-state index contributed by atoms with van der Waals surface area (Å²) >= 11 is 0. The van der Waals surface area contributed by atoms with Gasteiger partial charge in [-0.25, -0.2) is 0 Å². The molecule has 1 aliphatic carbocycles. The van der Waals surface area contributed by atoms with Crippen molar-refractivity contribution in [2.75, 3.05) is 5.32 Å². The van der Waals surface area contributed by atoms with E-state index >= 15 is 0 Å². The Labute approximate surface area is 160 Å². The van der Waals surface area contributed by atoms with Crippen molar-refractivity contribution < 1.29 is 22.7 Å². The van der Waals surface area contributed by atoms with Crippen LogP contribution in [0, 0.1) is 23.7 Å². The van der Waals surface area contributed by atoms with Gasteiger partial charge in [0, 0.05) is 24.0 Å². The van der Waals surface area contributed by atoms with Crippen molar-refractivity contribution in [3.8, 4) is 0 Å². The Morgan fingerprint density at radius 2 is 1.82 bits per heavy atom. The van der Waals surface area contributed by atoms with E-state index in [4.69, 9.17) is 4.74 Å². The van der Waals surface area contributed by atoms with E-state index in [2.05, 4.69) is 17.2 Å². The number of carbonyl (C=O) groups is 1. The molecule has 7 atom stereocenters. The smallest absolute Gasteiger partial charge is 0.373 e. The van der Waals surface area contributed by atoms with Gasteiger partial charge in [-0.2, -0.15) is 13.2 Å². The van der Waals surface area contributed by atoms with Gasteiger partial charge in [-0.05, 0) is 53.6 Å². The van der Waals surface area contributed by atoms with Crippen molar-refractivity contribution >= 4 is 11.6 Å². The van der Waals surface area contributed by atoms with Crippen LogP contribution < -0.4 is 5.32 Å². The number of pyridine rings is 1. The number of nitrogens with zero attached hydrogens (tertiary/aromatic N) is 1.